The molecule has 2 amide bonds. The van der Waals surface area contributed by atoms with Gasteiger partial charge < -0.3 is 9.15 Å². The first kappa shape index (κ1) is 22.4. The van der Waals surface area contributed by atoms with Gasteiger partial charge in [0.05, 0.1) is 35.1 Å². The van der Waals surface area contributed by atoms with Crippen molar-refractivity contribution in [2.75, 3.05) is 7.11 Å². The van der Waals surface area contributed by atoms with Gasteiger partial charge in [-0.2, -0.15) is 0 Å². The number of carbonyl (C=O) groups excluding carboxylic acids is 2. The monoisotopic (exact) mass is 486 g/mol. The molecule has 2 heterocycles. The van der Waals surface area contributed by atoms with Crippen molar-refractivity contribution < 1.29 is 23.7 Å². The highest BCUT2D eigenvalue weighted by Crippen LogP contribution is 2.37. The molecule has 174 valence electrons. The number of benzene rings is 3. The van der Waals surface area contributed by atoms with E-state index in [0.717, 1.165) is 28.1 Å². The molecular weight excluding hydrogens is 468 g/mol. The average Bonchev–Trinajstić information content (AvgIpc) is 3.44. The van der Waals surface area contributed by atoms with Gasteiger partial charge in [-0.1, -0.05) is 42.5 Å². The third kappa shape index (κ3) is 4.29. The molecule has 8 nitrogen and oxygen atoms in total. The smallest absolute Gasteiger partial charge is 0.293 e. The van der Waals surface area contributed by atoms with E-state index < -0.39 is 10.8 Å². The lowest BCUT2D eigenvalue weighted by molar-refractivity contribution is -0.384. The van der Waals surface area contributed by atoms with E-state index in [1.165, 1.54) is 30.2 Å². The second-order valence-corrected chi connectivity index (χ2v) is 8.74. The maximum absolute atomic E-state index is 13.0. The second-order valence-electron chi connectivity index (χ2n) is 7.75. The van der Waals surface area contributed by atoms with E-state index in [9.17, 15) is 19.7 Å². The van der Waals surface area contributed by atoms with Crippen molar-refractivity contribution >= 4 is 45.4 Å². The van der Waals surface area contributed by atoms with Gasteiger partial charge in [0.1, 0.15) is 17.3 Å². The molecule has 0 aliphatic carbocycles. The highest BCUT2D eigenvalue weighted by Gasteiger charge is 2.35. The van der Waals surface area contributed by atoms with Crippen LogP contribution in [0.1, 0.15) is 11.3 Å². The van der Waals surface area contributed by atoms with E-state index in [0.29, 0.717) is 11.5 Å². The third-order valence-electron chi connectivity index (χ3n) is 5.65. The molecule has 5 rings (SSSR count). The van der Waals surface area contributed by atoms with Crippen molar-refractivity contribution in [2.24, 2.45) is 0 Å². The van der Waals surface area contributed by atoms with Gasteiger partial charge in [-0.15, -0.1) is 0 Å². The Balaban J connectivity index is 1.41. The van der Waals surface area contributed by atoms with Crippen molar-refractivity contribution in [3.05, 3.63) is 99.1 Å². The van der Waals surface area contributed by atoms with Crippen LogP contribution in [0.3, 0.4) is 0 Å². The minimum absolute atomic E-state index is 0.158. The molecule has 0 N–H and O–H groups in total. The summed E-state index contributed by atoms with van der Waals surface area (Å²) in [5.74, 6) is 0.509. The zero-order chi connectivity index (χ0) is 24.5. The van der Waals surface area contributed by atoms with Crippen LogP contribution >= 0.6 is 11.8 Å². The van der Waals surface area contributed by atoms with Gasteiger partial charge in [0.25, 0.3) is 16.8 Å². The Morgan fingerprint density at radius 3 is 2.66 bits per heavy atom. The Morgan fingerprint density at radius 2 is 1.86 bits per heavy atom. The van der Waals surface area contributed by atoms with Crippen molar-refractivity contribution in [1.82, 2.24) is 4.90 Å². The van der Waals surface area contributed by atoms with Crippen molar-refractivity contribution in [3.63, 3.8) is 0 Å². The second kappa shape index (κ2) is 9.11. The van der Waals surface area contributed by atoms with Crippen LogP contribution in [-0.4, -0.2) is 28.1 Å². The Labute approximate surface area is 203 Å². The average molecular weight is 487 g/mol. The lowest BCUT2D eigenvalue weighted by Crippen LogP contribution is -2.27. The predicted octanol–water partition coefficient (Wildman–Crippen LogP) is 6.25. The number of hydrogen-bond donors (Lipinski definition) is 0. The van der Waals surface area contributed by atoms with Crippen LogP contribution in [0.4, 0.5) is 10.5 Å². The van der Waals surface area contributed by atoms with Crippen molar-refractivity contribution in [1.29, 1.82) is 0 Å². The maximum Gasteiger partial charge on any atom is 0.293 e. The van der Waals surface area contributed by atoms with Gasteiger partial charge in [0, 0.05) is 6.08 Å². The molecule has 9 heteroatoms. The van der Waals surface area contributed by atoms with Gasteiger partial charge in [-0.05, 0) is 52.4 Å². The molecule has 0 unspecified atom stereocenters. The van der Waals surface area contributed by atoms with Crippen LogP contribution in [0.15, 0.2) is 82.1 Å². The molecular formula is C26H18N2O6S. The van der Waals surface area contributed by atoms with Crippen LogP contribution in [0.5, 0.6) is 5.75 Å². The number of fused-ring (bicyclic) bond motifs is 1. The highest BCUT2D eigenvalue weighted by atomic mass is 32.2. The van der Waals surface area contributed by atoms with Crippen LogP contribution in [0, 0.1) is 10.1 Å². The highest BCUT2D eigenvalue weighted by molar-refractivity contribution is 8.18. The van der Waals surface area contributed by atoms with Gasteiger partial charge in [0.15, 0.2) is 0 Å². The van der Waals surface area contributed by atoms with Gasteiger partial charge in [-0.3, -0.25) is 24.6 Å². The SMILES string of the molecule is COc1ccc(-c2ccc(/C=C3/SC(=O)N(Cc4cccc5ccccc45)C3=O)o2)c([N+](=O)[O-])c1. The molecule has 0 atom stereocenters. The Kier molecular flexibility index (Phi) is 5.84. The van der Waals surface area contributed by atoms with Crippen LogP contribution in [0.2, 0.25) is 0 Å². The minimum Gasteiger partial charge on any atom is -0.497 e. The number of thioether (sulfide) groups is 1. The van der Waals surface area contributed by atoms with E-state index in [1.54, 1.807) is 18.2 Å². The third-order valence-corrected chi connectivity index (χ3v) is 6.56. The Morgan fingerprint density at radius 1 is 1.06 bits per heavy atom. The van der Waals surface area contributed by atoms with E-state index >= 15 is 0 Å². The number of nitro groups is 1. The van der Waals surface area contributed by atoms with Crippen LogP contribution in [0.25, 0.3) is 28.2 Å². The number of hydrogen-bond acceptors (Lipinski definition) is 7. The number of nitro benzene ring substituents is 1. The first-order valence-corrected chi connectivity index (χ1v) is 11.4. The molecule has 0 saturated carbocycles. The minimum atomic E-state index is -0.515. The van der Waals surface area contributed by atoms with Gasteiger partial charge >= 0.3 is 0 Å². The summed E-state index contributed by atoms with van der Waals surface area (Å²) in [5.41, 5.74) is 0.985. The number of nitrogens with zero attached hydrogens (tertiary/aromatic N) is 2. The standard InChI is InChI=1S/C26H18N2O6S/c1-33-18-9-11-21(22(13-18)28(31)32)23-12-10-19(34-23)14-24-25(29)27(26(30)35-24)15-17-7-4-6-16-5-2-3-8-20(16)17/h2-14H,15H2,1H3/b24-14+. The van der Waals surface area contributed by atoms with E-state index in [2.05, 4.69) is 0 Å². The molecule has 35 heavy (non-hydrogen) atoms. The number of amides is 2. The quantitative estimate of drug-likeness (QED) is 0.180. The predicted molar refractivity (Wildman–Crippen MR) is 133 cm³/mol. The Hall–Kier alpha value is -4.37. The number of methoxy groups -OCH3 is 1. The van der Waals surface area contributed by atoms with E-state index in [-0.39, 0.29) is 33.7 Å². The summed E-state index contributed by atoms with van der Waals surface area (Å²) < 4.78 is 10.8. The summed E-state index contributed by atoms with van der Waals surface area (Å²) in [6.07, 6.45) is 1.48. The molecule has 0 radical (unpaired) electrons. The van der Waals surface area contributed by atoms with Crippen molar-refractivity contribution in [2.45, 2.75) is 6.54 Å². The number of ether oxygens (including phenoxy) is 1. The topological polar surface area (TPSA) is 103 Å². The molecule has 1 aliphatic heterocycles. The molecule has 3 aromatic carbocycles. The lowest BCUT2D eigenvalue weighted by atomic mass is 10.0. The summed E-state index contributed by atoms with van der Waals surface area (Å²) in [5, 5.41) is 13.1. The molecule has 0 spiro atoms. The molecule has 0 bridgehead atoms. The fraction of sp³-hybridized carbons (Fsp3) is 0.0769. The van der Waals surface area contributed by atoms with E-state index in [1.807, 2.05) is 42.5 Å². The van der Waals surface area contributed by atoms with Crippen LogP contribution in [-0.2, 0) is 11.3 Å². The normalized spacial score (nSPS) is 14.8. The molecule has 1 aromatic heterocycles. The van der Waals surface area contributed by atoms with Gasteiger partial charge in [0.2, 0.25) is 0 Å². The number of carbonyl (C=O) groups is 2. The van der Waals surface area contributed by atoms with Gasteiger partial charge in [-0.25, -0.2) is 0 Å². The first-order chi connectivity index (χ1) is 16.9. The summed E-state index contributed by atoms with van der Waals surface area (Å²) in [7, 11) is 1.43. The van der Waals surface area contributed by atoms with E-state index in [4.69, 9.17) is 9.15 Å². The number of furan rings is 1. The Bertz CT molecular complexity index is 1520. The van der Waals surface area contributed by atoms with Crippen LogP contribution < -0.4 is 4.74 Å². The lowest BCUT2D eigenvalue weighted by Gasteiger charge is -2.14. The molecule has 4 aromatic rings. The van der Waals surface area contributed by atoms with Crippen molar-refractivity contribution in [3.8, 4) is 17.1 Å². The fourth-order valence-electron chi connectivity index (χ4n) is 3.94. The zero-order valence-electron chi connectivity index (χ0n) is 18.5. The largest absolute Gasteiger partial charge is 0.497 e. The first-order valence-electron chi connectivity index (χ1n) is 10.6. The zero-order valence-corrected chi connectivity index (χ0v) is 19.3. The summed E-state index contributed by atoms with van der Waals surface area (Å²) >= 11 is 0.833. The molecule has 1 saturated heterocycles. The summed E-state index contributed by atoms with van der Waals surface area (Å²) in [4.78, 5) is 38.1. The fourth-order valence-corrected chi connectivity index (χ4v) is 4.76. The number of imide groups is 1. The molecule has 1 aliphatic rings. The summed E-state index contributed by atoms with van der Waals surface area (Å²) in [6.45, 7) is 0.158. The summed E-state index contributed by atoms with van der Waals surface area (Å²) in [6, 6.07) is 21.2. The maximum atomic E-state index is 13.0. The molecule has 1 fully saturated rings. The number of rotatable bonds is 6.